The number of benzene rings is 1. The molecule has 4 heteroatoms. The van der Waals surface area contributed by atoms with Crippen LogP contribution in [-0.4, -0.2) is 12.0 Å². The van der Waals surface area contributed by atoms with Crippen molar-refractivity contribution in [1.82, 2.24) is 0 Å². The lowest BCUT2D eigenvalue weighted by atomic mass is 10.2. The standard InChI is InChI=1S/C10H9ClFNO/c1-7-3-2-4-9(10(7)12)14-6-8(11)5-13/h2-4,8H,6H2,1H3. The summed E-state index contributed by atoms with van der Waals surface area (Å²) in [6.45, 7) is 1.63. The molecule has 1 unspecified atom stereocenters. The van der Waals surface area contributed by atoms with E-state index in [4.69, 9.17) is 21.6 Å². The Hall–Kier alpha value is -1.27. The van der Waals surface area contributed by atoms with E-state index in [1.807, 2.05) is 0 Å². The van der Waals surface area contributed by atoms with Crippen molar-refractivity contribution in [2.24, 2.45) is 0 Å². The Morgan fingerprint density at radius 1 is 1.64 bits per heavy atom. The van der Waals surface area contributed by atoms with Gasteiger partial charge in [-0.25, -0.2) is 4.39 Å². The van der Waals surface area contributed by atoms with Crippen molar-refractivity contribution in [2.45, 2.75) is 12.3 Å². The predicted molar refractivity (Wildman–Crippen MR) is 51.9 cm³/mol. The normalized spacial score (nSPS) is 11.9. The summed E-state index contributed by atoms with van der Waals surface area (Å²) in [6.07, 6.45) is 0. The molecule has 1 atom stereocenters. The lowest BCUT2D eigenvalue weighted by molar-refractivity contribution is 0.311. The first-order chi connectivity index (χ1) is 6.65. The number of alkyl halides is 1. The van der Waals surface area contributed by atoms with Crippen LogP contribution in [0, 0.1) is 24.1 Å². The van der Waals surface area contributed by atoms with E-state index in [-0.39, 0.29) is 12.4 Å². The van der Waals surface area contributed by atoms with Crippen molar-refractivity contribution < 1.29 is 9.13 Å². The first-order valence-corrected chi connectivity index (χ1v) is 4.50. The fourth-order valence-corrected chi connectivity index (χ4v) is 0.995. The summed E-state index contributed by atoms with van der Waals surface area (Å²) in [5, 5.41) is 7.63. The molecule has 0 saturated heterocycles. The second-order valence-electron chi connectivity index (χ2n) is 2.79. The van der Waals surface area contributed by atoms with Gasteiger partial charge in [-0.2, -0.15) is 5.26 Å². The average Bonchev–Trinajstić information content (AvgIpc) is 2.20. The highest BCUT2D eigenvalue weighted by atomic mass is 35.5. The van der Waals surface area contributed by atoms with E-state index in [0.717, 1.165) is 0 Å². The van der Waals surface area contributed by atoms with Crippen molar-refractivity contribution >= 4 is 11.6 Å². The van der Waals surface area contributed by atoms with Crippen LogP contribution in [0.4, 0.5) is 4.39 Å². The van der Waals surface area contributed by atoms with Crippen LogP contribution in [0.3, 0.4) is 0 Å². The van der Waals surface area contributed by atoms with Crippen LogP contribution >= 0.6 is 11.6 Å². The zero-order valence-corrected chi connectivity index (χ0v) is 8.38. The second-order valence-corrected chi connectivity index (χ2v) is 3.32. The van der Waals surface area contributed by atoms with Gasteiger partial charge in [-0.3, -0.25) is 0 Å². The highest BCUT2D eigenvalue weighted by Gasteiger charge is 2.08. The summed E-state index contributed by atoms with van der Waals surface area (Å²) < 4.78 is 18.3. The summed E-state index contributed by atoms with van der Waals surface area (Å²) >= 11 is 5.50. The van der Waals surface area contributed by atoms with E-state index in [0.29, 0.717) is 5.56 Å². The quantitative estimate of drug-likeness (QED) is 0.724. The van der Waals surface area contributed by atoms with Crippen LogP contribution in [0.2, 0.25) is 0 Å². The highest BCUT2D eigenvalue weighted by Crippen LogP contribution is 2.19. The lowest BCUT2D eigenvalue weighted by Crippen LogP contribution is -2.10. The Bertz CT molecular complexity index is 362. The maximum atomic E-state index is 13.3. The molecule has 0 saturated carbocycles. The number of ether oxygens (including phenoxy) is 1. The number of aryl methyl sites for hydroxylation is 1. The minimum absolute atomic E-state index is 0.0154. The first-order valence-electron chi connectivity index (χ1n) is 4.06. The summed E-state index contributed by atoms with van der Waals surface area (Å²) in [7, 11) is 0. The molecule has 1 aromatic rings. The van der Waals surface area contributed by atoms with Crippen LogP contribution in [0.1, 0.15) is 5.56 Å². The van der Waals surface area contributed by atoms with Gasteiger partial charge < -0.3 is 4.74 Å². The Labute approximate surface area is 86.9 Å². The molecular weight excluding hydrogens is 205 g/mol. The molecule has 0 fully saturated rings. The number of halogens is 2. The van der Waals surface area contributed by atoms with Gasteiger partial charge in [0.2, 0.25) is 0 Å². The van der Waals surface area contributed by atoms with Crippen LogP contribution in [0.15, 0.2) is 18.2 Å². The van der Waals surface area contributed by atoms with Crippen molar-refractivity contribution in [1.29, 1.82) is 5.26 Å². The minimum Gasteiger partial charge on any atom is -0.488 e. The number of nitrogens with zero attached hydrogens (tertiary/aromatic N) is 1. The zero-order valence-electron chi connectivity index (χ0n) is 7.63. The van der Waals surface area contributed by atoms with Gasteiger partial charge in [-0.05, 0) is 18.6 Å². The predicted octanol–water partition coefficient (Wildman–Crippen LogP) is 2.64. The van der Waals surface area contributed by atoms with Gasteiger partial charge in [0.05, 0.1) is 6.07 Å². The van der Waals surface area contributed by atoms with Gasteiger partial charge in [-0.15, -0.1) is 11.6 Å². The van der Waals surface area contributed by atoms with Gasteiger partial charge in [0.1, 0.15) is 6.61 Å². The second kappa shape index (κ2) is 4.83. The molecule has 0 spiro atoms. The number of hydrogen-bond acceptors (Lipinski definition) is 2. The zero-order chi connectivity index (χ0) is 10.6. The highest BCUT2D eigenvalue weighted by molar-refractivity contribution is 6.22. The fraction of sp³-hybridized carbons (Fsp3) is 0.300. The van der Waals surface area contributed by atoms with E-state index < -0.39 is 11.2 Å². The Morgan fingerprint density at radius 2 is 2.36 bits per heavy atom. The molecule has 0 radical (unpaired) electrons. The van der Waals surface area contributed by atoms with Gasteiger partial charge in [0, 0.05) is 0 Å². The molecule has 0 amide bonds. The summed E-state index contributed by atoms with van der Waals surface area (Å²) in [4.78, 5) is 0. The molecule has 2 nitrogen and oxygen atoms in total. The molecule has 0 heterocycles. The van der Waals surface area contributed by atoms with Gasteiger partial charge in [0.25, 0.3) is 0 Å². The average molecular weight is 214 g/mol. The van der Waals surface area contributed by atoms with Gasteiger partial charge in [0.15, 0.2) is 16.9 Å². The van der Waals surface area contributed by atoms with E-state index in [9.17, 15) is 4.39 Å². The van der Waals surface area contributed by atoms with Gasteiger partial charge in [-0.1, -0.05) is 12.1 Å². The van der Waals surface area contributed by atoms with E-state index >= 15 is 0 Å². The Kier molecular flexibility index (Phi) is 3.73. The number of hydrogen-bond donors (Lipinski definition) is 0. The van der Waals surface area contributed by atoms with E-state index in [2.05, 4.69) is 0 Å². The van der Waals surface area contributed by atoms with Crippen molar-refractivity contribution in [2.75, 3.05) is 6.61 Å². The molecular formula is C10H9ClFNO. The van der Waals surface area contributed by atoms with Crippen LogP contribution in [0.5, 0.6) is 5.75 Å². The summed E-state index contributed by atoms with van der Waals surface area (Å²) in [5.74, 6) is -0.278. The fourth-order valence-electron chi connectivity index (χ4n) is 0.932. The van der Waals surface area contributed by atoms with Crippen molar-refractivity contribution in [3.05, 3.63) is 29.6 Å². The molecule has 0 aliphatic rings. The van der Waals surface area contributed by atoms with Crippen molar-refractivity contribution in [3.8, 4) is 11.8 Å². The Morgan fingerprint density at radius 3 is 3.00 bits per heavy atom. The smallest absolute Gasteiger partial charge is 0.167 e. The molecule has 0 N–H and O–H groups in total. The topological polar surface area (TPSA) is 33.0 Å². The molecule has 0 aliphatic carbocycles. The first kappa shape index (κ1) is 10.8. The van der Waals surface area contributed by atoms with Crippen molar-refractivity contribution in [3.63, 3.8) is 0 Å². The SMILES string of the molecule is Cc1cccc(OCC(Cl)C#N)c1F. The molecule has 0 aromatic heterocycles. The molecule has 14 heavy (non-hydrogen) atoms. The lowest BCUT2D eigenvalue weighted by Gasteiger charge is -2.08. The monoisotopic (exact) mass is 213 g/mol. The molecule has 74 valence electrons. The molecule has 0 bridgehead atoms. The number of nitriles is 1. The molecule has 0 aliphatic heterocycles. The molecule has 1 rings (SSSR count). The Balaban J connectivity index is 2.69. The van der Waals surface area contributed by atoms with Crippen LogP contribution < -0.4 is 4.74 Å². The number of rotatable bonds is 3. The summed E-state index contributed by atoms with van der Waals surface area (Å²) in [6, 6.07) is 6.62. The maximum Gasteiger partial charge on any atom is 0.167 e. The third-order valence-corrected chi connectivity index (χ3v) is 1.91. The minimum atomic E-state index is -0.755. The van der Waals surface area contributed by atoms with Crippen LogP contribution in [-0.2, 0) is 0 Å². The van der Waals surface area contributed by atoms with E-state index in [1.54, 1.807) is 25.1 Å². The molecule has 1 aromatic carbocycles. The largest absolute Gasteiger partial charge is 0.488 e. The van der Waals surface area contributed by atoms with E-state index in [1.165, 1.54) is 6.07 Å². The maximum absolute atomic E-state index is 13.3. The van der Waals surface area contributed by atoms with Crippen LogP contribution in [0.25, 0.3) is 0 Å². The summed E-state index contributed by atoms with van der Waals surface area (Å²) in [5.41, 5.74) is 0.505. The van der Waals surface area contributed by atoms with Gasteiger partial charge >= 0.3 is 0 Å². The third kappa shape index (κ3) is 2.61. The third-order valence-electron chi connectivity index (χ3n) is 1.68.